The Morgan fingerprint density at radius 3 is 3.06 bits per heavy atom. The molecule has 0 radical (unpaired) electrons. The number of aryl methyl sites for hydroxylation is 2. The molecule has 0 aliphatic carbocycles. The molecule has 17 heavy (non-hydrogen) atoms. The van der Waals surface area contributed by atoms with Gasteiger partial charge < -0.3 is 4.42 Å². The highest BCUT2D eigenvalue weighted by atomic mass is 35.5. The maximum atomic E-state index is 5.92. The van der Waals surface area contributed by atoms with Crippen LogP contribution in [0.5, 0.6) is 0 Å². The van der Waals surface area contributed by atoms with Crippen LogP contribution in [0.25, 0.3) is 5.65 Å². The van der Waals surface area contributed by atoms with E-state index in [1.807, 2.05) is 16.5 Å². The first-order valence-electron chi connectivity index (χ1n) is 5.21. The maximum Gasteiger partial charge on any atom is 0.198 e. The summed E-state index contributed by atoms with van der Waals surface area (Å²) in [6.45, 7) is 0. The van der Waals surface area contributed by atoms with Gasteiger partial charge in [-0.25, -0.2) is 4.98 Å². The zero-order valence-electron chi connectivity index (χ0n) is 8.88. The summed E-state index contributed by atoms with van der Waals surface area (Å²) >= 11 is 5.92. The van der Waals surface area contributed by atoms with Crippen LogP contribution in [0.4, 0.5) is 0 Å². The number of halogens is 1. The van der Waals surface area contributed by atoms with Crippen molar-refractivity contribution in [2.45, 2.75) is 12.8 Å². The molecule has 0 N–H and O–H groups in total. The van der Waals surface area contributed by atoms with E-state index in [0.717, 1.165) is 24.4 Å². The Hall–Kier alpha value is -1.88. The lowest BCUT2D eigenvalue weighted by molar-refractivity contribution is 0.506. The summed E-state index contributed by atoms with van der Waals surface area (Å²) in [6.07, 6.45) is 6.63. The number of fused-ring (bicyclic) bond motifs is 1. The van der Waals surface area contributed by atoms with Crippen molar-refractivity contribution in [1.82, 2.24) is 19.6 Å². The van der Waals surface area contributed by atoms with Gasteiger partial charge in [0.2, 0.25) is 0 Å². The van der Waals surface area contributed by atoms with Gasteiger partial charge in [0.1, 0.15) is 11.6 Å². The molecule has 0 aliphatic rings. The van der Waals surface area contributed by atoms with Crippen molar-refractivity contribution >= 4 is 17.2 Å². The van der Waals surface area contributed by atoms with E-state index in [0.29, 0.717) is 10.8 Å². The van der Waals surface area contributed by atoms with E-state index >= 15 is 0 Å². The quantitative estimate of drug-likeness (QED) is 0.713. The molecule has 3 aromatic heterocycles. The lowest BCUT2D eigenvalue weighted by Gasteiger charge is -1.98. The number of furan rings is 1. The van der Waals surface area contributed by atoms with Crippen molar-refractivity contribution in [2.75, 3.05) is 0 Å². The summed E-state index contributed by atoms with van der Waals surface area (Å²) in [5.41, 5.74) is 0.587. The molecule has 0 aliphatic heterocycles. The highest BCUT2D eigenvalue weighted by molar-refractivity contribution is 6.32. The number of nitrogens with zero attached hydrogens (tertiary/aromatic N) is 4. The minimum Gasteiger partial charge on any atom is -0.469 e. The Kier molecular flexibility index (Phi) is 2.53. The first-order chi connectivity index (χ1) is 8.34. The van der Waals surface area contributed by atoms with Crippen molar-refractivity contribution in [3.8, 4) is 0 Å². The van der Waals surface area contributed by atoms with Crippen molar-refractivity contribution in [2.24, 2.45) is 0 Å². The molecule has 6 heteroatoms. The highest BCUT2D eigenvalue weighted by Gasteiger charge is 2.09. The van der Waals surface area contributed by atoms with Gasteiger partial charge in [-0.3, -0.25) is 4.40 Å². The molecule has 0 atom stereocenters. The summed E-state index contributed by atoms with van der Waals surface area (Å²) in [4.78, 5) is 3.95. The number of hydrogen-bond acceptors (Lipinski definition) is 4. The van der Waals surface area contributed by atoms with Gasteiger partial charge in [-0.05, 0) is 12.1 Å². The molecule has 0 amide bonds. The third-order valence-electron chi connectivity index (χ3n) is 2.53. The average molecular weight is 249 g/mol. The molecular formula is C11H9ClN4O. The minimum atomic E-state index is 0.365. The van der Waals surface area contributed by atoms with Crippen LogP contribution < -0.4 is 0 Å². The topological polar surface area (TPSA) is 56.2 Å². The monoisotopic (exact) mass is 248 g/mol. The molecule has 0 fully saturated rings. The zero-order valence-corrected chi connectivity index (χ0v) is 9.63. The SMILES string of the molecule is Clc1nccn2c(CCc3ccco3)nnc12. The summed E-state index contributed by atoms with van der Waals surface area (Å²) in [5, 5.41) is 8.47. The van der Waals surface area contributed by atoms with Crippen LogP contribution in [0.1, 0.15) is 11.6 Å². The Balaban J connectivity index is 1.88. The summed E-state index contributed by atoms with van der Waals surface area (Å²) in [6, 6.07) is 3.82. The molecule has 0 spiro atoms. The van der Waals surface area contributed by atoms with Crippen LogP contribution in [0.2, 0.25) is 5.15 Å². The Bertz CT molecular complexity index is 632. The standard InChI is InChI=1S/C11H9ClN4O/c12-10-11-15-14-9(16(11)6-5-13-10)4-3-8-2-1-7-17-8/h1-2,5-7H,3-4H2. The maximum absolute atomic E-state index is 5.92. The third kappa shape index (κ3) is 1.89. The van der Waals surface area contributed by atoms with Gasteiger partial charge in [0.05, 0.1) is 6.26 Å². The second-order valence-electron chi connectivity index (χ2n) is 3.61. The largest absolute Gasteiger partial charge is 0.469 e. The van der Waals surface area contributed by atoms with E-state index in [9.17, 15) is 0 Å². The zero-order chi connectivity index (χ0) is 11.7. The fourth-order valence-corrected chi connectivity index (χ4v) is 1.89. The van der Waals surface area contributed by atoms with Gasteiger partial charge in [-0.1, -0.05) is 11.6 Å². The van der Waals surface area contributed by atoms with Gasteiger partial charge >= 0.3 is 0 Å². The molecule has 3 rings (SSSR count). The third-order valence-corrected chi connectivity index (χ3v) is 2.80. The minimum absolute atomic E-state index is 0.365. The van der Waals surface area contributed by atoms with Crippen molar-refractivity contribution < 1.29 is 4.42 Å². The van der Waals surface area contributed by atoms with Crippen molar-refractivity contribution in [1.29, 1.82) is 0 Å². The van der Waals surface area contributed by atoms with Gasteiger partial charge in [0.15, 0.2) is 10.8 Å². The Labute approximate surface area is 102 Å². The molecule has 0 saturated heterocycles. The second-order valence-corrected chi connectivity index (χ2v) is 3.97. The fraction of sp³-hybridized carbons (Fsp3) is 0.182. The van der Waals surface area contributed by atoms with E-state index < -0.39 is 0 Å². The summed E-state index contributed by atoms with van der Waals surface area (Å²) in [5.74, 6) is 1.78. The normalized spacial score (nSPS) is 11.1. The van der Waals surface area contributed by atoms with E-state index in [-0.39, 0.29) is 0 Å². The van der Waals surface area contributed by atoms with Gasteiger partial charge in [0, 0.05) is 25.2 Å². The van der Waals surface area contributed by atoms with Crippen LogP contribution in [-0.2, 0) is 12.8 Å². The van der Waals surface area contributed by atoms with E-state index in [1.165, 1.54) is 0 Å². The molecule has 5 nitrogen and oxygen atoms in total. The molecule has 86 valence electrons. The van der Waals surface area contributed by atoms with Crippen LogP contribution in [0, 0.1) is 0 Å². The molecule has 3 heterocycles. The molecule has 3 aromatic rings. The molecular weight excluding hydrogens is 240 g/mol. The highest BCUT2D eigenvalue weighted by Crippen LogP contribution is 2.13. The van der Waals surface area contributed by atoms with Crippen molar-refractivity contribution in [3.05, 3.63) is 47.5 Å². The first-order valence-corrected chi connectivity index (χ1v) is 5.59. The van der Waals surface area contributed by atoms with Crippen LogP contribution in [-0.4, -0.2) is 19.6 Å². The lowest BCUT2D eigenvalue weighted by Crippen LogP contribution is -1.97. The predicted octanol–water partition coefficient (Wildman–Crippen LogP) is 2.16. The Morgan fingerprint density at radius 2 is 2.24 bits per heavy atom. The average Bonchev–Trinajstić information content (AvgIpc) is 2.95. The van der Waals surface area contributed by atoms with Crippen LogP contribution in [0.3, 0.4) is 0 Å². The first kappa shape index (κ1) is 10.3. The molecule has 0 saturated carbocycles. The van der Waals surface area contributed by atoms with E-state index in [1.54, 1.807) is 18.7 Å². The Morgan fingerprint density at radius 1 is 1.29 bits per heavy atom. The van der Waals surface area contributed by atoms with E-state index in [2.05, 4.69) is 15.2 Å². The predicted molar refractivity (Wildman–Crippen MR) is 61.9 cm³/mol. The van der Waals surface area contributed by atoms with Crippen LogP contribution in [0.15, 0.2) is 35.2 Å². The lowest BCUT2D eigenvalue weighted by atomic mass is 10.2. The number of aromatic nitrogens is 4. The molecule has 0 bridgehead atoms. The fourth-order valence-electron chi connectivity index (χ4n) is 1.70. The van der Waals surface area contributed by atoms with Crippen molar-refractivity contribution in [3.63, 3.8) is 0 Å². The van der Waals surface area contributed by atoms with Crippen LogP contribution >= 0.6 is 11.6 Å². The number of hydrogen-bond donors (Lipinski definition) is 0. The van der Waals surface area contributed by atoms with E-state index in [4.69, 9.17) is 16.0 Å². The number of rotatable bonds is 3. The van der Waals surface area contributed by atoms with Gasteiger partial charge in [0.25, 0.3) is 0 Å². The summed E-state index contributed by atoms with van der Waals surface area (Å²) < 4.78 is 7.12. The molecule has 0 aromatic carbocycles. The smallest absolute Gasteiger partial charge is 0.198 e. The van der Waals surface area contributed by atoms with Gasteiger partial charge in [-0.2, -0.15) is 0 Å². The molecule has 0 unspecified atom stereocenters. The van der Waals surface area contributed by atoms with Gasteiger partial charge in [-0.15, -0.1) is 10.2 Å². The second kappa shape index (κ2) is 4.18. The summed E-state index contributed by atoms with van der Waals surface area (Å²) in [7, 11) is 0.